The Morgan fingerprint density at radius 2 is 1.96 bits per heavy atom. The van der Waals surface area contributed by atoms with E-state index < -0.39 is 6.04 Å². The van der Waals surface area contributed by atoms with Gasteiger partial charge in [-0.15, -0.1) is 0 Å². The van der Waals surface area contributed by atoms with Crippen LogP contribution in [0.5, 0.6) is 0 Å². The molecule has 1 aromatic rings. The molecule has 23 heavy (non-hydrogen) atoms. The maximum Gasteiger partial charge on any atom is 0.245 e. The normalized spacial score (nSPS) is 11.8. The van der Waals surface area contributed by atoms with Crippen LogP contribution in [0.15, 0.2) is 24.3 Å². The molecule has 1 atom stereocenters. The third kappa shape index (κ3) is 7.73. The summed E-state index contributed by atoms with van der Waals surface area (Å²) in [6.07, 6.45) is 0. The molecule has 0 radical (unpaired) electrons. The summed E-state index contributed by atoms with van der Waals surface area (Å²) in [5.41, 5.74) is 7.56. The number of ether oxygens (including phenoxy) is 1. The van der Waals surface area contributed by atoms with Crippen molar-refractivity contribution in [1.29, 1.82) is 0 Å². The molecule has 0 heterocycles. The maximum atomic E-state index is 12.1. The van der Waals surface area contributed by atoms with Crippen molar-refractivity contribution in [2.75, 3.05) is 26.8 Å². The van der Waals surface area contributed by atoms with E-state index in [0.717, 1.165) is 24.2 Å². The van der Waals surface area contributed by atoms with E-state index in [9.17, 15) is 9.59 Å². The smallest absolute Gasteiger partial charge is 0.245 e. The first-order valence-electron chi connectivity index (χ1n) is 7.59. The number of hydrogen-bond acceptors (Lipinski definition) is 5. The molecule has 5 N–H and O–H groups in total. The first-order chi connectivity index (χ1) is 11.1. The average molecular weight is 322 g/mol. The van der Waals surface area contributed by atoms with Gasteiger partial charge in [0, 0.05) is 40.2 Å². The summed E-state index contributed by atoms with van der Waals surface area (Å²) in [6, 6.07) is 7.23. The van der Waals surface area contributed by atoms with E-state index in [-0.39, 0.29) is 18.4 Å². The highest BCUT2D eigenvalue weighted by Crippen LogP contribution is 2.05. The predicted molar refractivity (Wildman–Crippen MR) is 88.5 cm³/mol. The Morgan fingerprint density at radius 1 is 1.26 bits per heavy atom. The number of carbonyl (C=O) groups is 2. The van der Waals surface area contributed by atoms with Crippen molar-refractivity contribution in [1.82, 2.24) is 16.0 Å². The fourth-order valence-electron chi connectivity index (χ4n) is 2.09. The Labute approximate surface area is 137 Å². The second kappa shape index (κ2) is 10.7. The zero-order chi connectivity index (χ0) is 17.1. The molecule has 1 aromatic carbocycles. The Bertz CT molecular complexity index is 508. The standard InChI is InChI=1S/C16H26N4O3/c1-12(21)20-15(11-23-2)16(22)19-10-14-5-3-4-13(8-14)9-18-7-6-17/h3-5,8,15,18H,6-7,9-11,17H2,1-2H3,(H,19,22)(H,20,21). The van der Waals surface area contributed by atoms with Gasteiger partial charge in [-0.25, -0.2) is 0 Å². The van der Waals surface area contributed by atoms with Crippen LogP contribution in [-0.2, 0) is 27.4 Å². The first-order valence-corrected chi connectivity index (χ1v) is 7.59. The molecule has 0 saturated heterocycles. The van der Waals surface area contributed by atoms with Crippen LogP contribution in [0.2, 0.25) is 0 Å². The number of hydrogen-bond donors (Lipinski definition) is 4. The minimum Gasteiger partial charge on any atom is -0.382 e. The summed E-state index contributed by atoms with van der Waals surface area (Å²) in [5.74, 6) is -0.538. The van der Waals surface area contributed by atoms with Crippen LogP contribution >= 0.6 is 0 Å². The lowest BCUT2D eigenvalue weighted by atomic mass is 10.1. The summed E-state index contributed by atoms with van der Waals surface area (Å²) < 4.78 is 4.96. The molecule has 0 bridgehead atoms. The number of nitrogens with two attached hydrogens (primary N) is 1. The number of amides is 2. The highest BCUT2D eigenvalue weighted by Gasteiger charge is 2.18. The Balaban J connectivity index is 2.53. The molecule has 1 rings (SSSR count). The Hall–Kier alpha value is -1.96. The van der Waals surface area contributed by atoms with Crippen LogP contribution in [-0.4, -0.2) is 44.7 Å². The van der Waals surface area contributed by atoms with Crippen molar-refractivity contribution in [3.63, 3.8) is 0 Å². The first kappa shape index (κ1) is 19.1. The SMILES string of the molecule is COCC(NC(C)=O)C(=O)NCc1cccc(CNCCN)c1. The monoisotopic (exact) mass is 322 g/mol. The Morgan fingerprint density at radius 3 is 2.57 bits per heavy atom. The summed E-state index contributed by atoms with van der Waals surface area (Å²) in [5, 5.41) is 8.60. The highest BCUT2D eigenvalue weighted by atomic mass is 16.5. The number of rotatable bonds is 10. The largest absolute Gasteiger partial charge is 0.382 e. The molecule has 7 nitrogen and oxygen atoms in total. The fourth-order valence-corrected chi connectivity index (χ4v) is 2.09. The van der Waals surface area contributed by atoms with Crippen molar-refractivity contribution < 1.29 is 14.3 Å². The van der Waals surface area contributed by atoms with E-state index in [0.29, 0.717) is 13.1 Å². The van der Waals surface area contributed by atoms with E-state index in [1.165, 1.54) is 14.0 Å². The zero-order valence-corrected chi connectivity index (χ0v) is 13.7. The number of nitrogens with one attached hydrogen (secondary N) is 3. The lowest BCUT2D eigenvalue weighted by molar-refractivity contribution is -0.129. The second-order valence-corrected chi connectivity index (χ2v) is 5.21. The van der Waals surface area contributed by atoms with Gasteiger partial charge in [0.1, 0.15) is 6.04 Å². The molecular formula is C16H26N4O3. The van der Waals surface area contributed by atoms with Crippen molar-refractivity contribution in [3.05, 3.63) is 35.4 Å². The molecule has 0 saturated carbocycles. The van der Waals surface area contributed by atoms with Crippen molar-refractivity contribution in [2.24, 2.45) is 5.73 Å². The summed E-state index contributed by atoms with van der Waals surface area (Å²) in [6.45, 7) is 3.99. The molecule has 0 spiro atoms. The lowest BCUT2D eigenvalue weighted by Crippen LogP contribution is -2.48. The summed E-state index contributed by atoms with van der Waals surface area (Å²) in [4.78, 5) is 23.2. The molecule has 128 valence electrons. The van der Waals surface area contributed by atoms with Crippen molar-refractivity contribution in [3.8, 4) is 0 Å². The van der Waals surface area contributed by atoms with Crippen LogP contribution in [0.1, 0.15) is 18.1 Å². The van der Waals surface area contributed by atoms with Gasteiger partial charge in [0.2, 0.25) is 11.8 Å². The molecule has 0 fully saturated rings. The minimum absolute atomic E-state index is 0.133. The zero-order valence-electron chi connectivity index (χ0n) is 13.7. The molecule has 0 aliphatic rings. The third-order valence-corrected chi connectivity index (χ3v) is 3.14. The summed E-state index contributed by atoms with van der Waals surface area (Å²) >= 11 is 0. The topological polar surface area (TPSA) is 105 Å². The van der Waals surface area contributed by atoms with Gasteiger partial charge in [0.15, 0.2) is 0 Å². The molecule has 2 amide bonds. The van der Waals surface area contributed by atoms with Crippen LogP contribution in [0.4, 0.5) is 0 Å². The van der Waals surface area contributed by atoms with Crippen LogP contribution in [0, 0.1) is 0 Å². The van der Waals surface area contributed by atoms with Crippen molar-refractivity contribution >= 4 is 11.8 Å². The van der Waals surface area contributed by atoms with Gasteiger partial charge in [-0.3, -0.25) is 9.59 Å². The van der Waals surface area contributed by atoms with Crippen molar-refractivity contribution in [2.45, 2.75) is 26.1 Å². The van der Waals surface area contributed by atoms with E-state index in [4.69, 9.17) is 10.5 Å². The quantitative estimate of drug-likeness (QED) is 0.435. The third-order valence-electron chi connectivity index (χ3n) is 3.14. The predicted octanol–water partition coefficient (Wildman–Crippen LogP) is -0.498. The molecule has 1 unspecified atom stereocenters. The van der Waals surface area contributed by atoms with Crippen LogP contribution in [0.3, 0.4) is 0 Å². The van der Waals surface area contributed by atoms with E-state index in [2.05, 4.69) is 16.0 Å². The van der Waals surface area contributed by atoms with Gasteiger partial charge >= 0.3 is 0 Å². The van der Waals surface area contributed by atoms with E-state index in [1.807, 2.05) is 24.3 Å². The maximum absolute atomic E-state index is 12.1. The second-order valence-electron chi connectivity index (χ2n) is 5.21. The fraction of sp³-hybridized carbons (Fsp3) is 0.500. The molecular weight excluding hydrogens is 296 g/mol. The number of benzene rings is 1. The van der Waals surface area contributed by atoms with Gasteiger partial charge in [0.25, 0.3) is 0 Å². The lowest BCUT2D eigenvalue weighted by Gasteiger charge is -2.17. The molecule has 0 aromatic heterocycles. The van der Waals surface area contributed by atoms with Gasteiger partial charge < -0.3 is 26.4 Å². The van der Waals surface area contributed by atoms with E-state index in [1.54, 1.807) is 0 Å². The molecule has 0 aliphatic heterocycles. The Kier molecular flexibility index (Phi) is 8.89. The van der Waals surface area contributed by atoms with Gasteiger partial charge in [-0.1, -0.05) is 24.3 Å². The number of methoxy groups -OCH3 is 1. The summed E-state index contributed by atoms with van der Waals surface area (Å²) in [7, 11) is 1.49. The highest BCUT2D eigenvalue weighted by molar-refractivity contribution is 5.86. The van der Waals surface area contributed by atoms with Crippen LogP contribution in [0.25, 0.3) is 0 Å². The van der Waals surface area contributed by atoms with Gasteiger partial charge in [0.05, 0.1) is 6.61 Å². The number of carbonyl (C=O) groups excluding carboxylic acids is 2. The average Bonchev–Trinajstić information content (AvgIpc) is 2.52. The van der Waals surface area contributed by atoms with Gasteiger partial charge in [-0.05, 0) is 11.1 Å². The van der Waals surface area contributed by atoms with Crippen LogP contribution < -0.4 is 21.7 Å². The molecule has 0 aliphatic carbocycles. The molecule has 7 heteroatoms. The minimum atomic E-state index is -0.688. The van der Waals surface area contributed by atoms with E-state index >= 15 is 0 Å². The van der Waals surface area contributed by atoms with Gasteiger partial charge in [-0.2, -0.15) is 0 Å².